The molecule has 2 heterocycles. The quantitative estimate of drug-likeness (QED) is 0.810. The highest BCUT2D eigenvalue weighted by atomic mass is 32.2. The van der Waals surface area contributed by atoms with Crippen LogP contribution in [0.1, 0.15) is 47.5 Å². The maximum atomic E-state index is 12.7. The second kappa shape index (κ2) is 6.16. The fourth-order valence-electron chi connectivity index (χ4n) is 2.58. The Morgan fingerprint density at radius 3 is 2.95 bits per heavy atom. The molecule has 2 aromatic rings. The minimum atomic E-state index is 0.0654. The minimum Gasteiger partial charge on any atom is -0.445 e. The van der Waals surface area contributed by atoms with E-state index >= 15 is 0 Å². The van der Waals surface area contributed by atoms with Gasteiger partial charge in [-0.2, -0.15) is 0 Å². The zero-order chi connectivity index (χ0) is 15.7. The first-order valence-electron chi connectivity index (χ1n) is 7.50. The number of amides is 1. The van der Waals surface area contributed by atoms with Gasteiger partial charge in [0.1, 0.15) is 11.5 Å². The second-order valence-corrected chi connectivity index (χ2v) is 6.66. The number of oxazole rings is 1. The van der Waals surface area contributed by atoms with Crippen LogP contribution >= 0.6 is 11.8 Å². The molecule has 0 atom stereocenters. The predicted octanol–water partition coefficient (Wildman–Crippen LogP) is 3.72. The van der Waals surface area contributed by atoms with Crippen molar-refractivity contribution in [1.29, 1.82) is 0 Å². The average molecular weight is 316 g/mol. The highest BCUT2D eigenvalue weighted by Gasteiger charge is 2.26. The molecule has 0 aliphatic carbocycles. The lowest BCUT2D eigenvalue weighted by Crippen LogP contribution is -2.35. The molecule has 0 bridgehead atoms. The van der Waals surface area contributed by atoms with Gasteiger partial charge in [-0.25, -0.2) is 4.98 Å². The van der Waals surface area contributed by atoms with Crippen molar-refractivity contribution in [3.63, 3.8) is 0 Å². The molecule has 1 aliphatic heterocycles. The van der Waals surface area contributed by atoms with Gasteiger partial charge in [0, 0.05) is 29.3 Å². The summed E-state index contributed by atoms with van der Waals surface area (Å²) in [7, 11) is 0. The maximum Gasteiger partial charge on any atom is 0.254 e. The standard InChI is InChI=1S/C17H20N2O2S/c1-11(2)16-18-14-10-19(8-7-15(14)21-16)17(20)12-5-4-6-13(9-12)22-3/h4-6,9,11H,7-8,10H2,1-3H3. The molecule has 0 radical (unpaired) electrons. The van der Waals surface area contributed by atoms with E-state index in [1.165, 1.54) is 0 Å². The number of hydrogen-bond donors (Lipinski definition) is 0. The van der Waals surface area contributed by atoms with E-state index in [-0.39, 0.29) is 11.8 Å². The first-order valence-corrected chi connectivity index (χ1v) is 8.72. The first kappa shape index (κ1) is 15.2. The molecule has 1 amide bonds. The second-order valence-electron chi connectivity index (χ2n) is 5.79. The zero-order valence-corrected chi connectivity index (χ0v) is 13.9. The van der Waals surface area contributed by atoms with E-state index < -0.39 is 0 Å². The third kappa shape index (κ3) is 2.90. The molecule has 0 fully saturated rings. The molecule has 116 valence electrons. The average Bonchev–Trinajstić information content (AvgIpc) is 2.97. The van der Waals surface area contributed by atoms with E-state index in [9.17, 15) is 4.79 Å². The SMILES string of the molecule is CSc1cccc(C(=O)N2CCc3oc(C(C)C)nc3C2)c1. The van der Waals surface area contributed by atoms with E-state index in [0.717, 1.165) is 34.2 Å². The number of fused-ring (bicyclic) bond motifs is 1. The number of aromatic nitrogens is 1. The van der Waals surface area contributed by atoms with Gasteiger partial charge in [0.25, 0.3) is 5.91 Å². The van der Waals surface area contributed by atoms with Crippen LogP contribution in [0, 0.1) is 0 Å². The Labute approximate surface area is 134 Å². The fraction of sp³-hybridized carbons (Fsp3) is 0.412. The summed E-state index contributed by atoms with van der Waals surface area (Å²) >= 11 is 1.64. The molecule has 0 saturated carbocycles. The molecule has 5 heteroatoms. The summed E-state index contributed by atoms with van der Waals surface area (Å²) in [5.41, 5.74) is 1.65. The Morgan fingerprint density at radius 2 is 2.23 bits per heavy atom. The molecular weight excluding hydrogens is 296 g/mol. The van der Waals surface area contributed by atoms with Crippen molar-refractivity contribution >= 4 is 17.7 Å². The maximum absolute atomic E-state index is 12.7. The van der Waals surface area contributed by atoms with Crippen LogP contribution in [0.3, 0.4) is 0 Å². The Hall–Kier alpha value is -1.75. The van der Waals surface area contributed by atoms with E-state index in [1.54, 1.807) is 11.8 Å². The Kier molecular flexibility index (Phi) is 4.25. The molecule has 1 aromatic carbocycles. The summed E-state index contributed by atoms with van der Waals surface area (Å²) in [6.45, 7) is 5.35. The number of rotatable bonds is 3. The summed E-state index contributed by atoms with van der Waals surface area (Å²) in [5, 5.41) is 0. The lowest BCUT2D eigenvalue weighted by Gasteiger charge is -2.25. The molecule has 1 aromatic heterocycles. The highest BCUT2D eigenvalue weighted by molar-refractivity contribution is 7.98. The molecule has 3 rings (SSSR count). The van der Waals surface area contributed by atoms with Gasteiger partial charge in [0.15, 0.2) is 5.89 Å². The number of hydrogen-bond acceptors (Lipinski definition) is 4. The lowest BCUT2D eigenvalue weighted by molar-refractivity contribution is 0.0727. The van der Waals surface area contributed by atoms with Crippen LogP contribution in [0.4, 0.5) is 0 Å². The topological polar surface area (TPSA) is 46.3 Å². The molecule has 4 nitrogen and oxygen atoms in total. The molecule has 0 unspecified atom stereocenters. The molecule has 0 N–H and O–H groups in total. The Morgan fingerprint density at radius 1 is 1.41 bits per heavy atom. The monoisotopic (exact) mass is 316 g/mol. The Balaban J connectivity index is 1.80. The van der Waals surface area contributed by atoms with Gasteiger partial charge in [0.2, 0.25) is 0 Å². The van der Waals surface area contributed by atoms with E-state index in [1.807, 2.05) is 35.4 Å². The summed E-state index contributed by atoms with van der Waals surface area (Å²) in [5.74, 6) is 2.04. The van der Waals surface area contributed by atoms with Gasteiger partial charge >= 0.3 is 0 Å². The van der Waals surface area contributed by atoms with Crippen molar-refractivity contribution in [2.75, 3.05) is 12.8 Å². The summed E-state index contributed by atoms with van der Waals surface area (Å²) < 4.78 is 5.79. The van der Waals surface area contributed by atoms with Gasteiger partial charge < -0.3 is 9.32 Å². The molecular formula is C17H20N2O2S. The molecule has 0 saturated heterocycles. The van der Waals surface area contributed by atoms with Crippen molar-refractivity contribution in [3.05, 3.63) is 47.2 Å². The first-order chi connectivity index (χ1) is 10.6. The number of benzene rings is 1. The van der Waals surface area contributed by atoms with E-state index in [4.69, 9.17) is 4.42 Å². The van der Waals surface area contributed by atoms with Crippen molar-refractivity contribution in [1.82, 2.24) is 9.88 Å². The number of thioether (sulfide) groups is 1. The minimum absolute atomic E-state index is 0.0654. The number of carbonyl (C=O) groups excluding carboxylic acids is 1. The van der Waals surface area contributed by atoms with Crippen molar-refractivity contribution in [2.45, 2.75) is 37.6 Å². The van der Waals surface area contributed by atoms with Crippen LogP contribution in [0.25, 0.3) is 0 Å². The van der Waals surface area contributed by atoms with Gasteiger partial charge in [-0.05, 0) is 24.5 Å². The number of carbonyl (C=O) groups is 1. The molecule has 0 spiro atoms. The smallest absolute Gasteiger partial charge is 0.254 e. The highest BCUT2D eigenvalue weighted by Crippen LogP contribution is 2.25. The van der Waals surface area contributed by atoms with Crippen LogP contribution in [-0.4, -0.2) is 28.6 Å². The van der Waals surface area contributed by atoms with Crippen molar-refractivity contribution < 1.29 is 9.21 Å². The van der Waals surface area contributed by atoms with Crippen LogP contribution in [0.2, 0.25) is 0 Å². The third-order valence-corrected chi connectivity index (χ3v) is 4.57. The van der Waals surface area contributed by atoms with Crippen LogP contribution in [0.15, 0.2) is 33.6 Å². The summed E-state index contributed by atoms with van der Waals surface area (Å²) in [6.07, 6.45) is 2.75. The number of nitrogens with zero attached hydrogens (tertiary/aromatic N) is 2. The third-order valence-electron chi connectivity index (χ3n) is 3.84. The molecule has 22 heavy (non-hydrogen) atoms. The summed E-state index contributed by atoms with van der Waals surface area (Å²) in [4.78, 5) is 20.2. The molecule has 1 aliphatic rings. The van der Waals surface area contributed by atoms with Crippen LogP contribution in [0.5, 0.6) is 0 Å². The summed E-state index contributed by atoms with van der Waals surface area (Å²) in [6, 6.07) is 7.77. The van der Waals surface area contributed by atoms with Gasteiger partial charge in [-0.1, -0.05) is 19.9 Å². The van der Waals surface area contributed by atoms with Gasteiger partial charge in [-0.3, -0.25) is 4.79 Å². The van der Waals surface area contributed by atoms with Gasteiger partial charge in [0.05, 0.1) is 6.54 Å². The fourth-order valence-corrected chi connectivity index (χ4v) is 3.04. The Bertz CT molecular complexity index is 694. The normalized spacial score (nSPS) is 14.3. The van der Waals surface area contributed by atoms with E-state index in [2.05, 4.69) is 18.8 Å². The van der Waals surface area contributed by atoms with E-state index in [0.29, 0.717) is 13.1 Å². The van der Waals surface area contributed by atoms with Crippen LogP contribution in [-0.2, 0) is 13.0 Å². The largest absolute Gasteiger partial charge is 0.445 e. The lowest BCUT2D eigenvalue weighted by atomic mass is 10.1. The zero-order valence-electron chi connectivity index (χ0n) is 13.1. The van der Waals surface area contributed by atoms with Crippen molar-refractivity contribution in [3.8, 4) is 0 Å². The van der Waals surface area contributed by atoms with Crippen molar-refractivity contribution in [2.24, 2.45) is 0 Å². The van der Waals surface area contributed by atoms with Crippen LogP contribution < -0.4 is 0 Å². The predicted molar refractivity (Wildman–Crippen MR) is 87.3 cm³/mol. The van der Waals surface area contributed by atoms with Gasteiger partial charge in [-0.15, -0.1) is 11.8 Å².